The molecule has 0 bridgehead atoms. The van der Waals surface area contributed by atoms with Gasteiger partial charge in [-0.1, -0.05) is 6.07 Å². The molecule has 0 radical (unpaired) electrons. The number of piperidine rings is 2. The fraction of sp³-hybridized carbons (Fsp3) is 0.545. The van der Waals surface area contributed by atoms with Gasteiger partial charge in [0, 0.05) is 24.9 Å². The molecule has 1 atom stereocenters. The summed E-state index contributed by atoms with van der Waals surface area (Å²) >= 11 is 0. The molecule has 2 saturated heterocycles. The van der Waals surface area contributed by atoms with Gasteiger partial charge in [0.2, 0.25) is 5.91 Å². The van der Waals surface area contributed by atoms with E-state index in [4.69, 9.17) is 4.74 Å². The predicted octanol–water partition coefficient (Wildman–Crippen LogP) is 3.13. The summed E-state index contributed by atoms with van der Waals surface area (Å²) < 4.78 is 7.19. The largest absolute Gasteiger partial charge is 0.444 e. The smallest absolute Gasteiger partial charge is 0.410 e. The van der Waals surface area contributed by atoms with Crippen molar-refractivity contribution in [1.82, 2.24) is 20.0 Å². The van der Waals surface area contributed by atoms with Gasteiger partial charge in [0.05, 0.1) is 11.7 Å². The second-order valence-corrected chi connectivity index (χ2v) is 9.12. The Labute approximate surface area is 175 Å². The highest BCUT2D eigenvalue weighted by molar-refractivity contribution is 6.00. The van der Waals surface area contributed by atoms with Crippen molar-refractivity contribution >= 4 is 28.8 Å². The van der Waals surface area contributed by atoms with Crippen molar-refractivity contribution in [2.24, 2.45) is 0 Å². The highest BCUT2D eigenvalue weighted by Crippen LogP contribution is 2.32. The topological polar surface area (TPSA) is 93.5 Å². The van der Waals surface area contributed by atoms with E-state index in [0.717, 1.165) is 23.7 Å². The molecule has 2 aromatic rings. The normalized spacial score (nSPS) is 21.0. The van der Waals surface area contributed by atoms with Crippen molar-refractivity contribution in [3.05, 3.63) is 30.0 Å². The maximum Gasteiger partial charge on any atom is 0.410 e. The summed E-state index contributed by atoms with van der Waals surface area (Å²) in [5, 5.41) is 7.80. The minimum Gasteiger partial charge on any atom is -0.444 e. The monoisotopic (exact) mass is 412 g/mol. The van der Waals surface area contributed by atoms with Crippen LogP contribution >= 0.6 is 0 Å². The van der Waals surface area contributed by atoms with E-state index in [1.165, 1.54) is 5.56 Å². The Bertz CT molecular complexity index is 983. The second kappa shape index (κ2) is 7.74. The summed E-state index contributed by atoms with van der Waals surface area (Å²) in [6.07, 6.45) is 4.08. The molecule has 2 aliphatic heterocycles. The first-order valence-corrected chi connectivity index (χ1v) is 10.5. The van der Waals surface area contributed by atoms with Gasteiger partial charge < -0.3 is 9.64 Å². The summed E-state index contributed by atoms with van der Waals surface area (Å²) in [6.45, 7) is 6.98. The number of fused-ring (bicyclic) bond motifs is 1. The van der Waals surface area contributed by atoms with Crippen molar-refractivity contribution in [3.8, 4) is 0 Å². The third-order valence-corrected chi connectivity index (χ3v) is 5.74. The third kappa shape index (κ3) is 4.17. The maximum atomic E-state index is 12.3. The van der Waals surface area contributed by atoms with Gasteiger partial charge in [-0.15, -0.1) is 0 Å². The molecule has 0 spiro atoms. The molecule has 2 fully saturated rings. The Morgan fingerprint density at radius 3 is 2.57 bits per heavy atom. The highest BCUT2D eigenvalue weighted by atomic mass is 16.6. The van der Waals surface area contributed by atoms with Gasteiger partial charge in [-0.25, -0.2) is 4.79 Å². The number of likely N-dealkylation sites (tertiary alicyclic amines) is 1. The number of amides is 3. The van der Waals surface area contributed by atoms with Crippen LogP contribution in [0, 0.1) is 0 Å². The number of hydrogen-bond donors (Lipinski definition) is 1. The molecular formula is C22H28N4O4. The molecule has 1 aromatic carbocycles. The SMILES string of the molecule is CC(C)(C)OC(=O)N1CCC(c2ccc3c(cnn3C3CCC(=O)NC3=O)c2)CC1. The third-order valence-electron chi connectivity index (χ3n) is 5.74. The molecule has 8 heteroatoms. The zero-order valence-corrected chi connectivity index (χ0v) is 17.7. The zero-order chi connectivity index (χ0) is 21.5. The number of carbonyl (C=O) groups excluding carboxylic acids is 3. The molecule has 160 valence electrons. The van der Waals surface area contributed by atoms with Crippen LogP contribution in [0.1, 0.15) is 64.0 Å². The molecule has 1 N–H and O–H groups in total. The number of ether oxygens (including phenoxy) is 1. The molecule has 2 aliphatic rings. The van der Waals surface area contributed by atoms with Crippen LogP contribution < -0.4 is 5.32 Å². The van der Waals surface area contributed by atoms with Crippen LogP contribution in [0.5, 0.6) is 0 Å². The van der Waals surface area contributed by atoms with E-state index < -0.39 is 11.6 Å². The molecule has 8 nitrogen and oxygen atoms in total. The quantitative estimate of drug-likeness (QED) is 0.765. The van der Waals surface area contributed by atoms with Gasteiger partial charge in [0.15, 0.2) is 0 Å². The Kier molecular flexibility index (Phi) is 5.26. The standard InChI is InChI=1S/C22H28N4O4/c1-22(2,3)30-21(29)25-10-8-14(9-11-25)15-4-5-17-16(12-15)13-23-26(17)18-6-7-19(27)24-20(18)28/h4-5,12-14,18H,6-11H2,1-3H3,(H,24,27,28). The summed E-state index contributed by atoms with van der Waals surface area (Å²) in [7, 11) is 0. The van der Waals surface area contributed by atoms with E-state index in [-0.39, 0.29) is 17.9 Å². The number of rotatable bonds is 2. The van der Waals surface area contributed by atoms with E-state index in [2.05, 4.69) is 22.5 Å². The lowest BCUT2D eigenvalue weighted by Crippen LogP contribution is -2.42. The summed E-state index contributed by atoms with van der Waals surface area (Å²) in [4.78, 5) is 37.7. The summed E-state index contributed by atoms with van der Waals surface area (Å²) in [6, 6.07) is 5.75. The van der Waals surface area contributed by atoms with Crippen LogP contribution in [-0.2, 0) is 14.3 Å². The maximum absolute atomic E-state index is 12.3. The van der Waals surface area contributed by atoms with E-state index in [0.29, 0.717) is 31.8 Å². The van der Waals surface area contributed by atoms with E-state index in [1.54, 1.807) is 15.8 Å². The molecule has 1 aromatic heterocycles. The average molecular weight is 412 g/mol. The van der Waals surface area contributed by atoms with Crippen LogP contribution in [0.25, 0.3) is 10.9 Å². The highest BCUT2D eigenvalue weighted by Gasteiger charge is 2.30. The fourth-order valence-electron chi connectivity index (χ4n) is 4.21. The molecular weight excluding hydrogens is 384 g/mol. The Balaban J connectivity index is 1.45. The minimum atomic E-state index is -0.484. The van der Waals surface area contributed by atoms with Crippen molar-refractivity contribution in [1.29, 1.82) is 0 Å². The molecule has 0 saturated carbocycles. The van der Waals surface area contributed by atoms with Gasteiger partial charge in [-0.05, 0) is 63.6 Å². The van der Waals surface area contributed by atoms with E-state index >= 15 is 0 Å². The lowest BCUT2D eigenvalue weighted by molar-refractivity contribution is -0.135. The van der Waals surface area contributed by atoms with Crippen LogP contribution in [0.3, 0.4) is 0 Å². The number of aromatic nitrogens is 2. The van der Waals surface area contributed by atoms with Crippen LogP contribution in [-0.4, -0.2) is 51.3 Å². The predicted molar refractivity (Wildman–Crippen MR) is 111 cm³/mol. The molecule has 0 aliphatic carbocycles. The molecule has 1 unspecified atom stereocenters. The van der Waals surface area contributed by atoms with Gasteiger partial charge >= 0.3 is 6.09 Å². The lowest BCUT2D eigenvalue weighted by atomic mass is 9.89. The summed E-state index contributed by atoms with van der Waals surface area (Å²) in [5.41, 5.74) is 1.62. The Morgan fingerprint density at radius 1 is 1.17 bits per heavy atom. The zero-order valence-electron chi connectivity index (χ0n) is 17.7. The number of nitrogens with one attached hydrogen (secondary N) is 1. The van der Waals surface area contributed by atoms with E-state index in [9.17, 15) is 14.4 Å². The van der Waals surface area contributed by atoms with Crippen LogP contribution in [0.2, 0.25) is 0 Å². The van der Waals surface area contributed by atoms with E-state index in [1.807, 2.05) is 26.8 Å². The molecule has 30 heavy (non-hydrogen) atoms. The average Bonchev–Trinajstić information content (AvgIpc) is 3.10. The number of nitrogens with zero attached hydrogens (tertiary/aromatic N) is 3. The Morgan fingerprint density at radius 2 is 1.90 bits per heavy atom. The first-order valence-electron chi connectivity index (χ1n) is 10.5. The Hall–Kier alpha value is -2.90. The van der Waals surface area contributed by atoms with Gasteiger partial charge in [-0.2, -0.15) is 5.10 Å². The van der Waals surface area contributed by atoms with Gasteiger partial charge in [0.1, 0.15) is 11.6 Å². The lowest BCUT2D eigenvalue weighted by Gasteiger charge is -2.33. The molecule has 3 amide bonds. The van der Waals surface area contributed by atoms with Gasteiger partial charge in [0.25, 0.3) is 5.91 Å². The van der Waals surface area contributed by atoms with Crippen LogP contribution in [0.4, 0.5) is 4.79 Å². The molecule has 3 heterocycles. The number of hydrogen-bond acceptors (Lipinski definition) is 5. The second-order valence-electron chi connectivity index (χ2n) is 9.12. The van der Waals surface area contributed by atoms with Crippen molar-refractivity contribution < 1.29 is 19.1 Å². The summed E-state index contributed by atoms with van der Waals surface area (Å²) in [5.74, 6) is -0.158. The van der Waals surface area contributed by atoms with Gasteiger partial charge in [-0.3, -0.25) is 19.6 Å². The van der Waals surface area contributed by atoms with Crippen LogP contribution in [0.15, 0.2) is 24.4 Å². The number of carbonyl (C=O) groups is 3. The first-order chi connectivity index (χ1) is 14.2. The first kappa shape index (κ1) is 20.4. The van der Waals surface area contributed by atoms with Crippen molar-refractivity contribution in [3.63, 3.8) is 0 Å². The fourth-order valence-corrected chi connectivity index (χ4v) is 4.21. The van der Waals surface area contributed by atoms with Crippen molar-refractivity contribution in [2.45, 2.75) is 64.0 Å². The number of benzene rings is 1. The van der Waals surface area contributed by atoms with Crippen molar-refractivity contribution in [2.75, 3.05) is 13.1 Å². The molecule has 4 rings (SSSR count). The number of imide groups is 1. The minimum absolute atomic E-state index is 0.229.